The van der Waals surface area contributed by atoms with Crippen molar-refractivity contribution in [3.05, 3.63) is 33.7 Å². The van der Waals surface area contributed by atoms with Gasteiger partial charge in [-0.25, -0.2) is 4.98 Å². The number of benzene rings is 1. The highest BCUT2D eigenvalue weighted by atomic mass is 79.9. The highest BCUT2D eigenvalue weighted by Gasteiger charge is 2.12. The Hall–Kier alpha value is -0.610. The molecule has 2 heterocycles. The molecule has 0 atom stereocenters. The lowest BCUT2D eigenvalue weighted by molar-refractivity contribution is 0.416. The Morgan fingerprint density at radius 2 is 2.00 bits per heavy atom. The molecule has 126 valence electrons. The summed E-state index contributed by atoms with van der Waals surface area (Å²) in [5.74, 6) is 2.64. The monoisotopic (exact) mass is 459 g/mol. The van der Waals surface area contributed by atoms with Gasteiger partial charge in [-0.3, -0.25) is 0 Å². The molecule has 0 radical (unpaired) electrons. The van der Waals surface area contributed by atoms with E-state index in [4.69, 9.17) is 9.72 Å². The molecule has 0 aliphatic carbocycles. The maximum atomic E-state index is 5.44. The van der Waals surface area contributed by atoms with Crippen LogP contribution < -0.4 is 4.74 Å². The highest BCUT2D eigenvalue weighted by Crippen LogP contribution is 2.36. The van der Waals surface area contributed by atoms with Gasteiger partial charge in [-0.1, -0.05) is 57.7 Å². The van der Waals surface area contributed by atoms with E-state index >= 15 is 0 Å². The first-order valence-electron chi connectivity index (χ1n) is 7.07. The molecule has 0 aliphatic heterocycles. The lowest BCUT2D eigenvalue weighted by atomic mass is 10.2. The zero-order valence-electron chi connectivity index (χ0n) is 13.0. The number of methoxy groups -OCH3 is 1. The van der Waals surface area contributed by atoms with E-state index in [1.54, 1.807) is 53.3 Å². The standard InChI is InChI=1S/C15H14BrN3OS4/c1-3-21-14-18-19-15(24-14)23-8-10-7-22-13(17-10)11-6-9(16)4-5-12(11)20-2/h4-7H,3,8H2,1-2H3. The van der Waals surface area contributed by atoms with E-state index in [1.807, 2.05) is 18.2 Å². The van der Waals surface area contributed by atoms with E-state index < -0.39 is 0 Å². The minimum Gasteiger partial charge on any atom is -0.496 e. The molecule has 0 bridgehead atoms. The Morgan fingerprint density at radius 3 is 2.75 bits per heavy atom. The largest absolute Gasteiger partial charge is 0.496 e. The fourth-order valence-corrected chi connectivity index (χ4v) is 6.03. The van der Waals surface area contributed by atoms with E-state index in [0.29, 0.717) is 0 Å². The molecule has 24 heavy (non-hydrogen) atoms. The summed E-state index contributed by atoms with van der Waals surface area (Å²) >= 11 is 10.2. The van der Waals surface area contributed by atoms with Gasteiger partial charge >= 0.3 is 0 Å². The van der Waals surface area contributed by atoms with Gasteiger partial charge in [0.1, 0.15) is 10.8 Å². The summed E-state index contributed by atoms with van der Waals surface area (Å²) in [6.45, 7) is 2.12. The lowest BCUT2D eigenvalue weighted by Gasteiger charge is -2.06. The summed E-state index contributed by atoms with van der Waals surface area (Å²) < 4.78 is 8.47. The number of hydrogen-bond acceptors (Lipinski definition) is 8. The molecule has 0 aliphatic rings. The number of thioether (sulfide) groups is 2. The fourth-order valence-electron chi connectivity index (χ4n) is 1.92. The zero-order valence-corrected chi connectivity index (χ0v) is 17.8. The van der Waals surface area contributed by atoms with Crippen LogP contribution in [0.2, 0.25) is 0 Å². The van der Waals surface area contributed by atoms with Gasteiger partial charge in [0.2, 0.25) is 0 Å². The predicted octanol–water partition coefficient (Wildman–Crippen LogP) is 5.84. The topological polar surface area (TPSA) is 47.9 Å². The minimum atomic E-state index is 0.790. The molecule has 0 spiro atoms. The van der Waals surface area contributed by atoms with E-state index in [1.165, 1.54) is 0 Å². The average molecular weight is 460 g/mol. The quantitative estimate of drug-likeness (QED) is 0.413. The van der Waals surface area contributed by atoms with Crippen molar-refractivity contribution in [1.82, 2.24) is 15.2 Å². The fraction of sp³-hybridized carbons (Fsp3) is 0.267. The molecule has 0 saturated carbocycles. The summed E-state index contributed by atoms with van der Waals surface area (Å²) in [6, 6.07) is 5.95. The van der Waals surface area contributed by atoms with Crippen molar-refractivity contribution < 1.29 is 4.74 Å². The van der Waals surface area contributed by atoms with E-state index in [2.05, 4.69) is 38.4 Å². The number of rotatable bonds is 7. The van der Waals surface area contributed by atoms with Gasteiger partial charge in [0.15, 0.2) is 8.68 Å². The van der Waals surface area contributed by atoms with Gasteiger partial charge in [0.05, 0.1) is 18.4 Å². The Kier molecular flexibility index (Phi) is 6.56. The van der Waals surface area contributed by atoms with Crippen LogP contribution in [-0.2, 0) is 5.75 Å². The number of hydrogen-bond donors (Lipinski definition) is 0. The first-order chi connectivity index (χ1) is 11.7. The summed E-state index contributed by atoms with van der Waals surface area (Å²) in [7, 11) is 1.68. The lowest BCUT2D eigenvalue weighted by Crippen LogP contribution is -1.88. The van der Waals surface area contributed by atoms with Crippen molar-refractivity contribution in [2.75, 3.05) is 12.9 Å². The highest BCUT2D eigenvalue weighted by molar-refractivity contribution is 9.10. The van der Waals surface area contributed by atoms with Crippen molar-refractivity contribution in [2.24, 2.45) is 0 Å². The minimum absolute atomic E-state index is 0.790. The molecular formula is C15H14BrN3OS4. The Labute approximate surface area is 165 Å². The van der Waals surface area contributed by atoms with E-state index in [9.17, 15) is 0 Å². The molecule has 1 aromatic carbocycles. The first kappa shape index (κ1) is 18.2. The third kappa shape index (κ3) is 4.51. The van der Waals surface area contributed by atoms with Crippen molar-refractivity contribution >= 4 is 62.1 Å². The number of aromatic nitrogens is 3. The third-order valence-corrected chi connectivity index (χ3v) is 7.47. The second-order valence-electron chi connectivity index (χ2n) is 4.54. The molecule has 0 N–H and O–H groups in total. The third-order valence-electron chi connectivity index (χ3n) is 2.94. The molecular weight excluding hydrogens is 446 g/mol. The van der Waals surface area contributed by atoms with E-state index in [-0.39, 0.29) is 0 Å². The van der Waals surface area contributed by atoms with Gasteiger partial charge in [-0.05, 0) is 24.0 Å². The molecule has 9 heteroatoms. The number of nitrogens with zero attached hydrogens (tertiary/aromatic N) is 3. The molecule has 0 unspecified atom stereocenters. The summed E-state index contributed by atoms with van der Waals surface area (Å²) in [6.07, 6.45) is 0. The number of halogens is 1. The number of thiazole rings is 1. The molecule has 0 amide bonds. The maximum Gasteiger partial charge on any atom is 0.175 e. The summed E-state index contributed by atoms with van der Waals surface area (Å²) in [4.78, 5) is 4.74. The molecule has 0 fully saturated rings. The van der Waals surface area contributed by atoms with E-state index in [0.717, 1.165) is 46.7 Å². The predicted molar refractivity (Wildman–Crippen MR) is 108 cm³/mol. The van der Waals surface area contributed by atoms with Crippen LogP contribution >= 0.6 is 62.1 Å². The van der Waals surface area contributed by atoms with Crippen molar-refractivity contribution in [3.63, 3.8) is 0 Å². The maximum absolute atomic E-state index is 5.44. The van der Waals surface area contributed by atoms with Crippen molar-refractivity contribution in [1.29, 1.82) is 0 Å². The molecule has 2 aromatic heterocycles. The summed E-state index contributed by atoms with van der Waals surface area (Å²) in [5, 5.41) is 11.4. The van der Waals surface area contributed by atoms with Gasteiger partial charge in [-0.2, -0.15) is 0 Å². The smallest absolute Gasteiger partial charge is 0.175 e. The Bertz CT molecular complexity index is 821. The van der Waals surface area contributed by atoms with Gasteiger partial charge < -0.3 is 4.74 Å². The van der Waals surface area contributed by atoms with Crippen LogP contribution in [0.4, 0.5) is 0 Å². The molecule has 3 aromatic rings. The first-order valence-corrected chi connectivity index (χ1v) is 11.5. The molecule has 4 nitrogen and oxygen atoms in total. The Balaban J connectivity index is 1.70. The van der Waals surface area contributed by atoms with Crippen molar-refractivity contribution in [3.8, 4) is 16.3 Å². The zero-order chi connectivity index (χ0) is 16.9. The second-order valence-corrected chi connectivity index (χ2v) is 10.0. The van der Waals surface area contributed by atoms with Crippen molar-refractivity contribution in [2.45, 2.75) is 21.4 Å². The van der Waals surface area contributed by atoms with Crippen LogP contribution in [-0.4, -0.2) is 28.0 Å². The van der Waals surface area contributed by atoms with Crippen LogP contribution in [0.5, 0.6) is 5.75 Å². The normalized spacial score (nSPS) is 11.0. The van der Waals surface area contributed by atoms with Crippen LogP contribution in [0.3, 0.4) is 0 Å². The molecule has 0 saturated heterocycles. The average Bonchev–Trinajstić information content (AvgIpc) is 3.22. The van der Waals surface area contributed by atoms with Crippen LogP contribution in [0.25, 0.3) is 10.6 Å². The number of ether oxygens (including phenoxy) is 1. The van der Waals surface area contributed by atoms with Gasteiger partial charge in [0.25, 0.3) is 0 Å². The van der Waals surface area contributed by atoms with Crippen LogP contribution in [0.15, 0.2) is 36.7 Å². The van der Waals surface area contributed by atoms with Gasteiger partial charge in [0, 0.05) is 15.6 Å². The Morgan fingerprint density at radius 1 is 1.21 bits per heavy atom. The van der Waals surface area contributed by atoms with Crippen LogP contribution in [0, 0.1) is 0 Å². The second kappa shape index (κ2) is 8.66. The van der Waals surface area contributed by atoms with Crippen LogP contribution in [0.1, 0.15) is 12.6 Å². The molecule has 3 rings (SSSR count). The van der Waals surface area contributed by atoms with Gasteiger partial charge in [-0.15, -0.1) is 21.5 Å². The SMILES string of the molecule is CCSc1nnc(SCc2csc(-c3cc(Br)ccc3OC)n2)s1. The summed E-state index contributed by atoms with van der Waals surface area (Å²) in [5.41, 5.74) is 2.05.